The molecular weight excluding hydrogens is 252 g/mol. The van der Waals surface area contributed by atoms with Crippen LogP contribution in [0.3, 0.4) is 0 Å². The number of carboxylic acids is 1. The molecule has 0 aliphatic carbocycles. The van der Waals surface area contributed by atoms with Crippen molar-refractivity contribution in [1.29, 1.82) is 0 Å². The third kappa shape index (κ3) is 3.36. The fourth-order valence-corrected chi connectivity index (χ4v) is 1.95. The van der Waals surface area contributed by atoms with Gasteiger partial charge in [0.1, 0.15) is 0 Å². The van der Waals surface area contributed by atoms with Crippen molar-refractivity contribution in [2.45, 2.75) is 31.3 Å². The van der Waals surface area contributed by atoms with Crippen LogP contribution >= 0.6 is 0 Å². The molecule has 2 rings (SSSR count). The zero-order chi connectivity index (χ0) is 13.8. The van der Waals surface area contributed by atoms with Gasteiger partial charge in [-0.2, -0.15) is 0 Å². The van der Waals surface area contributed by atoms with Crippen LogP contribution in [0.4, 0.5) is 0 Å². The molecule has 6 nitrogen and oxygen atoms in total. The smallest absolute Gasteiger partial charge is 0.333 e. The summed E-state index contributed by atoms with van der Waals surface area (Å²) in [6.45, 7) is 0. The molecule has 3 atom stereocenters. The Morgan fingerprint density at radius 2 is 2.00 bits per heavy atom. The SMILES string of the molecule is COc1ccccc1O[C@H]1C[C@@H](O)C[C@@H](C(=O)O)O1. The zero-order valence-electron chi connectivity index (χ0n) is 10.5. The molecule has 0 bridgehead atoms. The van der Waals surface area contributed by atoms with Crippen LogP contribution in [0.15, 0.2) is 24.3 Å². The van der Waals surface area contributed by atoms with Crippen LogP contribution in [0, 0.1) is 0 Å². The summed E-state index contributed by atoms with van der Waals surface area (Å²) in [5.41, 5.74) is 0. The second-order valence-electron chi connectivity index (χ2n) is 4.29. The third-order valence-corrected chi connectivity index (χ3v) is 2.87. The molecule has 2 N–H and O–H groups in total. The van der Waals surface area contributed by atoms with Crippen LogP contribution < -0.4 is 9.47 Å². The molecule has 1 fully saturated rings. The van der Waals surface area contributed by atoms with Crippen molar-refractivity contribution in [2.75, 3.05) is 7.11 Å². The van der Waals surface area contributed by atoms with Gasteiger partial charge in [0, 0.05) is 12.8 Å². The molecule has 19 heavy (non-hydrogen) atoms. The predicted molar refractivity (Wildman–Crippen MR) is 65.2 cm³/mol. The van der Waals surface area contributed by atoms with E-state index in [1.165, 1.54) is 7.11 Å². The summed E-state index contributed by atoms with van der Waals surface area (Å²) < 4.78 is 16.0. The van der Waals surface area contributed by atoms with Crippen molar-refractivity contribution >= 4 is 5.97 Å². The molecule has 6 heteroatoms. The first-order valence-corrected chi connectivity index (χ1v) is 5.96. The number of hydrogen-bond donors (Lipinski definition) is 2. The topological polar surface area (TPSA) is 85.2 Å². The van der Waals surface area contributed by atoms with Crippen molar-refractivity contribution in [3.63, 3.8) is 0 Å². The summed E-state index contributed by atoms with van der Waals surface area (Å²) in [7, 11) is 1.51. The monoisotopic (exact) mass is 268 g/mol. The van der Waals surface area contributed by atoms with Gasteiger partial charge in [0.15, 0.2) is 17.6 Å². The van der Waals surface area contributed by atoms with Crippen LogP contribution in [-0.2, 0) is 9.53 Å². The Morgan fingerprint density at radius 3 is 2.63 bits per heavy atom. The summed E-state index contributed by atoms with van der Waals surface area (Å²) in [5.74, 6) is -0.126. The Hall–Kier alpha value is -1.79. The van der Waals surface area contributed by atoms with Gasteiger partial charge in [-0.25, -0.2) is 4.79 Å². The van der Waals surface area contributed by atoms with E-state index in [4.69, 9.17) is 19.3 Å². The standard InChI is InChI=1S/C13H16O6/c1-17-9-4-2-3-5-10(9)18-12-7-8(14)6-11(19-12)13(15)16/h2-5,8,11-12,14H,6-7H2,1H3,(H,15,16)/t8-,11-,12+/m0/s1. The Kier molecular flexibility index (Phi) is 4.24. The lowest BCUT2D eigenvalue weighted by molar-refractivity contribution is -0.195. The summed E-state index contributed by atoms with van der Waals surface area (Å²) in [6, 6.07) is 6.98. The Labute approximate surface area is 110 Å². The van der Waals surface area contributed by atoms with Gasteiger partial charge >= 0.3 is 5.97 Å². The first kappa shape index (κ1) is 13.6. The predicted octanol–water partition coefficient (Wildman–Crippen LogP) is 1.02. The van der Waals surface area contributed by atoms with Gasteiger partial charge in [0.2, 0.25) is 6.29 Å². The molecule has 104 valence electrons. The van der Waals surface area contributed by atoms with E-state index in [9.17, 15) is 9.90 Å². The van der Waals surface area contributed by atoms with Gasteiger partial charge < -0.3 is 24.4 Å². The highest BCUT2D eigenvalue weighted by Crippen LogP contribution is 2.30. The molecule has 1 heterocycles. The summed E-state index contributed by atoms with van der Waals surface area (Å²) >= 11 is 0. The normalized spacial score (nSPS) is 26.7. The molecule has 0 unspecified atom stereocenters. The molecule has 0 aromatic heterocycles. The van der Waals surface area contributed by atoms with E-state index in [0.29, 0.717) is 11.5 Å². The number of hydrogen-bond acceptors (Lipinski definition) is 5. The van der Waals surface area contributed by atoms with E-state index >= 15 is 0 Å². The van der Waals surface area contributed by atoms with E-state index in [-0.39, 0.29) is 12.8 Å². The number of rotatable bonds is 4. The fourth-order valence-electron chi connectivity index (χ4n) is 1.95. The van der Waals surface area contributed by atoms with Crippen molar-refractivity contribution in [3.05, 3.63) is 24.3 Å². The summed E-state index contributed by atoms with van der Waals surface area (Å²) in [4.78, 5) is 10.9. The van der Waals surface area contributed by atoms with Crippen LogP contribution in [0.2, 0.25) is 0 Å². The number of benzene rings is 1. The molecule has 1 saturated heterocycles. The first-order valence-electron chi connectivity index (χ1n) is 5.96. The number of carboxylic acid groups (broad SMARTS) is 1. The fraction of sp³-hybridized carbons (Fsp3) is 0.462. The first-order chi connectivity index (χ1) is 9.10. The van der Waals surface area contributed by atoms with Gasteiger partial charge in [-0.3, -0.25) is 0 Å². The van der Waals surface area contributed by atoms with Crippen molar-refractivity contribution in [2.24, 2.45) is 0 Å². The number of aliphatic carboxylic acids is 1. The van der Waals surface area contributed by atoms with E-state index < -0.39 is 24.5 Å². The number of carbonyl (C=O) groups is 1. The van der Waals surface area contributed by atoms with Crippen LogP contribution in [0.25, 0.3) is 0 Å². The molecule has 1 aliphatic heterocycles. The van der Waals surface area contributed by atoms with Gasteiger partial charge in [-0.1, -0.05) is 12.1 Å². The van der Waals surface area contributed by atoms with Crippen LogP contribution in [0.1, 0.15) is 12.8 Å². The zero-order valence-corrected chi connectivity index (χ0v) is 10.5. The Morgan fingerprint density at radius 1 is 1.32 bits per heavy atom. The Balaban J connectivity index is 2.07. The number of ether oxygens (including phenoxy) is 3. The molecule has 1 aromatic carbocycles. The second kappa shape index (κ2) is 5.90. The lowest BCUT2D eigenvalue weighted by atomic mass is 10.1. The minimum atomic E-state index is -1.10. The van der Waals surface area contributed by atoms with E-state index in [1.807, 2.05) is 0 Å². The lowest BCUT2D eigenvalue weighted by Crippen LogP contribution is -2.42. The third-order valence-electron chi connectivity index (χ3n) is 2.87. The van der Waals surface area contributed by atoms with Gasteiger partial charge in [0.25, 0.3) is 0 Å². The van der Waals surface area contributed by atoms with Gasteiger partial charge in [-0.15, -0.1) is 0 Å². The maximum absolute atomic E-state index is 10.9. The minimum Gasteiger partial charge on any atom is -0.493 e. The van der Waals surface area contributed by atoms with E-state index in [2.05, 4.69) is 0 Å². The van der Waals surface area contributed by atoms with E-state index in [0.717, 1.165) is 0 Å². The quantitative estimate of drug-likeness (QED) is 0.848. The molecule has 0 amide bonds. The number of para-hydroxylation sites is 2. The minimum absolute atomic E-state index is 0.0706. The second-order valence-corrected chi connectivity index (χ2v) is 4.29. The highest BCUT2D eigenvalue weighted by molar-refractivity contribution is 5.72. The molecule has 0 saturated carbocycles. The molecule has 0 spiro atoms. The van der Waals surface area contributed by atoms with Crippen molar-refractivity contribution in [3.8, 4) is 11.5 Å². The van der Waals surface area contributed by atoms with Crippen molar-refractivity contribution < 1.29 is 29.2 Å². The summed E-state index contributed by atoms with van der Waals surface area (Å²) in [6.07, 6.45) is -2.32. The van der Waals surface area contributed by atoms with Crippen LogP contribution in [-0.4, -0.2) is 41.8 Å². The van der Waals surface area contributed by atoms with Crippen molar-refractivity contribution in [1.82, 2.24) is 0 Å². The number of methoxy groups -OCH3 is 1. The lowest BCUT2D eigenvalue weighted by Gasteiger charge is -2.31. The Bertz CT molecular complexity index is 447. The maximum Gasteiger partial charge on any atom is 0.333 e. The molecular formula is C13H16O6. The largest absolute Gasteiger partial charge is 0.493 e. The summed E-state index contributed by atoms with van der Waals surface area (Å²) in [5, 5.41) is 18.6. The average molecular weight is 268 g/mol. The molecule has 1 aliphatic rings. The van der Waals surface area contributed by atoms with Gasteiger partial charge in [0.05, 0.1) is 13.2 Å². The molecule has 0 radical (unpaired) electrons. The van der Waals surface area contributed by atoms with Crippen LogP contribution in [0.5, 0.6) is 11.5 Å². The highest BCUT2D eigenvalue weighted by atomic mass is 16.7. The highest BCUT2D eigenvalue weighted by Gasteiger charge is 2.34. The number of aliphatic hydroxyl groups is 1. The number of aliphatic hydroxyl groups excluding tert-OH is 1. The van der Waals surface area contributed by atoms with E-state index in [1.54, 1.807) is 24.3 Å². The average Bonchev–Trinajstić information content (AvgIpc) is 2.38. The maximum atomic E-state index is 10.9. The molecule has 1 aromatic rings. The van der Waals surface area contributed by atoms with Gasteiger partial charge in [-0.05, 0) is 12.1 Å².